The molecule has 0 spiro atoms. The van der Waals surface area contributed by atoms with E-state index in [0.717, 1.165) is 22.0 Å². The van der Waals surface area contributed by atoms with E-state index in [9.17, 15) is 18.0 Å². The molecule has 8 heteroatoms. The Morgan fingerprint density at radius 1 is 1.38 bits per heavy atom. The van der Waals surface area contributed by atoms with Crippen molar-refractivity contribution in [1.82, 2.24) is 20.4 Å². The summed E-state index contributed by atoms with van der Waals surface area (Å²) in [5.41, 5.74) is 1.03. The summed E-state index contributed by atoms with van der Waals surface area (Å²) in [4.78, 5) is 11.9. The Hall–Kier alpha value is -2.51. The van der Waals surface area contributed by atoms with Gasteiger partial charge in [0, 0.05) is 7.05 Å². The number of aryl methyl sites for hydroxylation is 2. The van der Waals surface area contributed by atoms with E-state index in [0.29, 0.717) is 0 Å². The molecule has 0 saturated carbocycles. The summed E-state index contributed by atoms with van der Waals surface area (Å²) in [6.07, 6.45) is -3.75. The molecule has 1 aromatic heterocycles. The Labute approximate surface area is 137 Å². The Balaban J connectivity index is 1.98. The number of alkyl halides is 3. The lowest BCUT2D eigenvalue weighted by Gasteiger charge is -2.16. The predicted molar refractivity (Wildman–Crippen MR) is 83.2 cm³/mol. The summed E-state index contributed by atoms with van der Waals surface area (Å²) < 4.78 is 39.7. The summed E-state index contributed by atoms with van der Waals surface area (Å²) >= 11 is 0. The first-order chi connectivity index (χ1) is 11.2. The fourth-order valence-electron chi connectivity index (χ4n) is 2.34. The molecule has 0 fully saturated rings. The highest BCUT2D eigenvalue weighted by Crippen LogP contribution is 2.31. The first-order valence-electron chi connectivity index (χ1n) is 7.37. The molecule has 0 saturated heterocycles. The molecule has 5 nitrogen and oxygen atoms in total. The molecule has 0 aliphatic rings. The number of rotatable bonds is 4. The third kappa shape index (κ3) is 4.27. The summed E-state index contributed by atoms with van der Waals surface area (Å²) in [5, 5.41) is 8.75. The lowest BCUT2D eigenvalue weighted by atomic mass is 10.1. The van der Waals surface area contributed by atoms with Crippen molar-refractivity contribution in [2.24, 2.45) is 7.05 Å². The molecular weight excluding hydrogens is 321 g/mol. The number of nitrogens with zero attached hydrogens (tertiary/aromatic N) is 2. The van der Waals surface area contributed by atoms with Crippen LogP contribution in [0.25, 0.3) is 0 Å². The van der Waals surface area contributed by atoms with Crippen LogP contribution in [0.1, 0.15) is 35.3 Å². The lowest BCUT2D eigenvalue weighted by molar-refractivity contribution is -0.138. The molecule has 2 rings (SSSR count). The maximum Gasteiger partial charge on any atom is 0.419 e. The molecule has 130 valence electrons. The first kappa shape index (κ1) is 17.8. The fourth-order valence-corrected chi connectivity index (χ4v) is 2.34. The van der Waals surface area contributed by atoms with Crippen LogP contribution in [0.2, 0.25) is 0 Å². The van der Waals surface area contributed by atoms with Gasteiger partial charge in [0.05, 0.1) is 30.0 Å². The number of carbonyl (C=O) groups is 1. The molecule has 0 bridgehead atoms. The van der Waals surface area contributed by atoms with Gasteiger partial charge in [-0.1, -0.05) is 29.8 Å². The van der Waals surface area contributed by atoms with Gasteiger partial charge in [0.15, 0.2) is 0 Å². The minimum atomic E-state index is -4.50. The molecule has 1 aromatic carbocycles. The second kappa shape index (κ2) is 6.94. The van der Waals surface area contributed by atoms with E-state index in [-0.39, 0.29) is 18.3 Å². The summed E-state index contributed by atoms with van der Waals surface area (Å²) in [7, 11) is 1.40. The zero-order valence-corrected chi connectivity index (χ0v) is 13.6. The van der Waals surface area contributed by atoms with E-state index in [1.807, 2.05) is 31.2 Å². The van der Waals surface area contributed by atoms with Gasteiger partial charge in [-0.3, -0.25) is 4.68 Å². The minimum absolute atomic E-state index is 0.0964. The van der Waals surface area contributed by atoms with Crippen LogP contribution in [0.3, 0.4) is 0 Å². The number of amides is 2. The van der Waals surface area contributed by atoms with Gasteiger partial charge in [-0.25, -0.2) is 4.79 Å². The Kier molecular flexibility index (Phi) is 5.16. The normalized spacial score (nSPS) is 12.8. The molecule has 2 amide bonds. The lowest BCUT2D eigenvalue weighted by Crippen LogP contribution is -2.37. The number of hydrogen-bond acceptors (Lipinski definition) is 2. The van der Waals surface area contributed by atoms with E-state index in [4.69, 9.17) is 0 Å². The molecule has 0 radical (unpaired) electrons. The largest absolute Gasteiger partial charge is 0.419 e. The second-order valence-electron chi connectivity index (χ2n) is 5.59. The highest BCUT2D eigenvalue weighted by atomic mass is 19.4. The van der Waals surface area contributed by atoms with Gasteiger partial charge in [0.25, 0.3) is 0 Å². The molecule has 1 atom stereocenters. The van der Waals surface area contributed by atoms with E-state index in [1.54, 1.807) is 6.92 Å². The van der Waals surface area contributed by atoms with Crippen LogP contribution in [-0.4, -0.2) is 15.8 Å². The summed E-state index contributed by atoms with van der Waals surface area (Å²) in [6, 6.07) is 6.83. The predicted octanol–water partition coefficient (Wildman–Crippen LogP) is 3.31. The molecule has 2 N–H and O–H groups in total. The zero-order chi connectivity index (χ0) is 17.9. The number of nitrogens with one attached hydrogen (secondary N) is 2. The maximum absolute atomic E-state index is 12.9. The van der Waals surface area contributed by atoms with Gasteiger partial charge in [-0.05, 0) is 19.4 Å². The van der Waals surface area contributed by atoms with Gasteiger partial charge in [0.2, 0.25) is 0 Å². The van der Waals surface area contributed by atoms with Crippen LogP contribution >= 0.6 is 0 Å². The highest BCUT2D eigenvalue weighted by molar-refractivity contribution is 5.74. The smallest absolute Gasteiger partial charge is 0.332 e. The fraction of sp³-hybridized carbons (Fsp3) is 0.375. The average molecular weight is 340 g/mol. The van der Waals surface area contributed by atoms with Gasteiger partial charge in [-0.2, -0.15) is 18.3 Å². The maximum atomic E-state index is 12.9. The van der Waals surface area contributed by atoms with Gasteiger partial charge in [0.1, 0.15) is 0 Å². The zero-order valence-electron chi connectivity index (χ0n) is 13.6. The SMILES string of the molecule is Cc1cccc(C(C)NC(=O)NCc2c(C(F)(F)F)cnn2C)c1. The topological polar surface area (TPSA) is 59.0 Å². The van der Waals surface area contributed by atoms with Crippen molar-refractivity contribution in [3.8, 4) is 0 Å². The van der Waals surface area contributed by atoms with Crippen LogP contribution in [0.4, 0.5) is 18.0 Å². The third-order valence-corrected chi connectivity index (χ3v) is 3.67. The summed E-state index contributed by atoms with van der Waals surface area (Å²) in [5.74, 6) is 0. The van der Waals surface area contributed by atoms with Crippen molar-refractivity contribution in [3.05, 3.63) is 52.8 Å². The van der Waals surface area contributed by atoms with Crippen LogP contribution < -0.4 is 10.6 Å². The van der Waals surface area contributed by atoms with Gasteiger partial charge < -0.3 is 10.6 Å². The molecule has 24 heavy (non-hydrogen) atoms. The molecule has 2 aromatic rings. The monoisotopic (exact) mass is 340 g/mol. The van der Waals surface area contributed by atoms with Crippen LogP contribution in [0.15, 0.2) is 30.5 Å². The van der Waals surface area contributed by atoms with Crippen molar-refractivity contribution in [2.75, 3.05) is 0 Å². The van der Waals surface area contributed by atoms with E-state index in [2.05, 4.69) is 15.7 Å². The third-order valence-electron chi connectivity index (χ3n) is 3.67. The second-order valence-corrected chi connectivity index (χ2v) is 5.59. The quantitative estimate of drug-likeness (QED) is 0.897. The van der Waals surface area contributed by atoms with Crippen molar-refractivity contribution < 1.29 is 18.0 Å². The molecular formula is C16H19F3N4O. The number of benzene rings is 1. The van der Waals surface area contributed by atoms with E-state index in [1.165, 1.54) is 7.05 Å². The first-order valence-corrected chi connectivity index (χ1v) is 7.37. The van der Waals surface area contributed by atoms with Gasteiger partial charge in [-0.15, -0.1) is 0 Å². The van der Waals surface area contributed by atoms with Crippen LogP contribution in [0, 0.1) is 6.92 Å². The van der Waals surface area contributed by atoms with Crippen LogP contribution in [0.5, 0.6) is 0 Å². The van der Waals surface area contributed by atoms with Crippen molar-refractivity contribution >= 4 is 6.03 Å². The molecule has 0 aliphatic heterocycles. The molecule has 0 aliphatic carbocycles. The van der Waals surface area contributed by atoms with Crippen molar-refractivity contribution in [1.29, 1.82) is 0 Å². The van der Waals surface area contributed by atoms with Crippen molar-refractivity contribution in [3.63, 3.8) is 0 Å². The minimum Gasteiger partial charge on any atom is -0.332 e. The number of urea groups is 1. The Morgan fingerprint density at radius 2 is 2.08 bits per heavy atom. The molecule has 1 unspecified atom stereocenters. The van der Waals surface area contributed by atoms with E-state index >= 15 is 0 Å². The number of carbonyl (C=O) groups excluding carboxylic acids is 1. The average Bonchev–Trinajstić information content (AvgIpc) is 2.86. The number of aromatic nitrogens is 2. The van der Waals surface area contributed by atoms with Gasteiger partial charge >= 0.3 is 12.2 Å². The van der Waals surface area contributed by atoms with E-state index < -0.39 is 17.8 Å². The Bertz CT molecular complexity index is 724. The highest BCUT2D eigenvalue weighted by Gasteiger charge is 2.35. The number of halogens is 3. The van der Waals surface area contributed by atoms with Crippen LogP contribution in [-0.2, 0) is 19.8 Å². The summed E-state index contributed by atoms with van der Waals surface area (Å²) in [6.45, 7) is 3.48. The molecule has 1 heterocycles. The number of hydrogen-bond donors (Lipinski definition) is 2. The standard InChI is InChI=1S/C16H19F3N4O/c1-10-5-4-6-12(7-10)11(2)22-15(24)20-9-14-13(16(17,18)19)8-21-23(14)3/h4-8,11H,9H2,1-3H3,(H2,20,22,24). The van der Waals surface area contributed by atoms with Crippen molar-refractivity contribution in [2.45, 2.75) is 32.6 Å². The Morgan fingerprint density at radius 3 is 2.71 bits per heavy atom.